The van der Waals surface area contributed by atoms with Crippen molar-refractivity contribution in [2.45, 2.75) is 22.6 Å². The van der Waals surface area contributed by atoms with Gasteiger partial charge in [0.2, 0.25) is 0 Å². The maximum atomic E-state index is 13.0. The summed E-state index contributed by atoms with van der Waals surface area (Å²) >= 11 is 3.64. The van der Waals surface area contributed by atoms with Gasteiger partial charge in [0.1, 0.15) is 11.6 Å². The lowest BCUT2D eigenvalue weighted by Crippen LogP contribution is -2.09. The van der Waals surface area contributed by atoms with Gasteiger partial charge in [0, 0.05) is 30.4 Å². The number of nitrogens with zero attached hydrogens (tertiary/aromatic N) is 2. The van der Waals surface area contributed by atoms with Crippen molar-refractivity contribution in [3.8, 4) is 0 Å². The van der Waals surface area contributed by atoms with Crippen LogP contribution in [0.15, 0.2) is 67.3 Å². The maximum absolute atomic E-state index is 13.0. The number of halogens is 3. The van der Waals surface area contributed by atoms with Crippen LogP contribution in [0.4, 0.5) is 8.78 Å². The summed E-state index contributed by atoms with van der Waals surface area (Å²) in [5, 5.41) is 0. The Kier molecular flexibility index (Phi) is 8.48. The Morgan fingerprint density at radius 3 is 1.77 bits per heavy atom. The molecule has 0 unspecified atom stereocenters. The van der Waals surface area contributed by atoms with Gasteiger partial charge in [-0.1, -0.05) is 24.3 Å². The molecule has 1 heterocycles. The zero-order valence-electron chi connectivity index (χ0n) is 13.9. The van der Waals surface area contributed by atoms with Gasteiger partial charge in [-0.05, 0) is 35.4 Å². The van der Waals surface area contributed by atoms with E-state index in [2.05, 4.69) is 9.55 Å². The number of imidazole rings is 1. The Labute approximate surface area is 166 Å². The summed E-state index contributed by atoms with van der Waals surface area (Å²) in [6.45, 7) is 0.831. The van der Waals surface area contributed by atoms with Crippen LogP contribution in [0.2, 0.25) is 0 Å². The molecule has 3 aromatic rings. The number of hydrogen-bond acceptors (Lipinski definition) is 3. The van der Waals surface area contributed by atoms with Gasteiger partial charge in [-0.2, -0.15) is 0 Å². The second-order valence-corrected chi connectivity index (χ2v) is 8.24. The highest BCUT2D eigenvalue weighted by Crippen LogP contribution is 2.31. The highest BCUT2D eigenvalue weighted by atomic mass is 35.5. The van der Waals surface area contributed by atoms with Gasteiger partial charge < -0.3 is 4.57 Å². The molecule has 26 heavy (non-hydrogen) atoms. The largest absolute Gasteiger partial charge is 0.336 e. The summed E-state index contributed by atoms with van der Waals surface area (Å²) < 4.78 is 28.4. The lowest BCUT2D eigenvalue weighted by Gasteiger charge is -2.17. The van der Waals surface area contributed by atoms with E-state index in [1.807, 2.05) is 60.3 Å². The Hall–Kier alpha value is -1.50. The lowest BCUT2D eigenvalue weighted by molar-refractivity contribution is 0.627. The van der Waals surface area contributed by atoms with Gasteiger partial charge in [-0.15, -0.1) is 35.9 Å². The number of rotatable bonds is 8. The zero-order chi connectivity index (χ0) is 17.5. The summed E-state index contributed by atoms with van der Waals surface area (Å²) in [4.78, 5) is 4.09. The number of benzene rings is 2. The van der Waals surface area contributed by atoms with Crippen LogP contribution in [0.25, 0.3) is 0 Å². The molecule has 0 saturated carbocycles. The molecule has 0 spiro atoms. The van der Waals surface area contributed by atoms with Gasteiger partial charge in [-0.3, -0.25) is 0 Å². The van der Waals surface area contributed by atoms with E-state index >= 15 is 0 Å². The highest BCUT2D eigenvalue weighted by molar-refractivity contribution is 8.16. The lowest BCUT2D eigenvalue weighted by atomic mass is 10.2. The molecule has 0 N–H and O–H groups in total. The quantitative estimate of drug-likeness (QED) is 0.437. The minimum absolute atomic E-state index is 0. The van der Waals surface area contributed by atoms with Gasteiger partial charge in [0.25, 0.3) is 0 Å². The third-order valence-electron chi connectivity index (χ3n) is 3.62. The van der Waals surface area contributed by atoms with Crippen LogP contribution in [-0.4, -0.2) is 14.1 Å². The fourth-order valence-corrected chi connectivity index (χ4v) is 4.75. The summed E-state index contributed by atoms with van der Waals surface area (Å²) in [6.07, 6.45) is 5.53. The molecule has 0 saturated heterocycles. The number of hydrogen-bond donors (Lipinski definition) is 0. The summed E-state index contributed by atoms with van der Waals surface area (Å²) in [7, 11) is 0. The van der Waals surface area contributed by atoms with Crippen LogP contribution in [0.3, 0.4) is 0 Å². The third kappa shape index (κ3) is 6.67. The van der Waals surface area contributed by atoms with Gasteiger partial charge in [0.05, 0.1) is 10.9 Å². The van der Waals surface area contributed by atoms with Crippen LogP contribution in [-0.2, 0) is 18.1 Å². The number of aromatic nitrogens is 2. The Balaban J connectivity index is 0.00000243. The van der Waals surface area contributed by atoms with Crippen molar-refractivity contribution in [1.29, 1.82) is 0 Å². The van der Waals surface area contributed by atoms with Gasteiger partial charge in [0.15, 0.2) is 0 Å². The molecule has 7 heteroatoms. The molecule has 0 radical (unpaired) electrons. The third-order valence-corrected chi connectivity index (χ3v) is 6.48. The van der Waals surface area contributed by atoms with Crippen LogP contribution in [0.1, 0.15) is 11.1 Å². The predicted octanol–water partition coefficient (Wildman–Crippen LogP) is 5.78. The zero-order valence-corrected chi connectivity index (χ0v) is 16.4. The van der Waals surface area contributed by atoms with Crippen LogP contribution in [0.5, 0.6) is 0 Å². The monoisotopic (exact) mass is 412 g/mol. The standard InChI is InChI=1S/C19H18F2N2S2.ClH/c20-17-5-1-15(2-6-17)12-24-19(11-23-10-9-22-14-23)25-13-16-3-7-18(21)8-4-16;/h1-10,14,19H,11-13H2;1H. The maximum Gasteiger partial charge on any atom is 0.123 e. The van der Waals surface area contributed by atoms with E-state index in [0.717, 1.165) is 29.2 Å². The molecular formula is C19H19ClF2N2S2. The highest BCUT2D eigenvalue weighted by Gasteiger charge is 2.12. The first-order valence-corrected chi connectivity index (χ1v) is 9.96. The molecule has 0 aliphatic carbocycles. The normalized spacial score (nSPS) is 10.7. The van der Waals surface area contributed by atoms with Gasteiger partial charge in [-0.25, -0.2) is 13.8 Å². The molecule has 138 valence electrons. The van der Waals surface area contributed by atoms with Crippen molar-refractivity contribution in [2.24, 2.45) is 0 Å². The minimum atomic E-state index is -0.214. The molecule has 3 rings (SSSR count). The average molecular weight is 413 g/mol. The summed E-state index contributed by atoms with van der Waals surface area (Å²) in [6, 6.07) is 13.3. The van der Waals surface area contributed by atoms with E-state index in [1.54, 1.807) is 6.20 Å². The van der Waals surface area contributed by atoms with E-state index in [0.29, 0.717) is 4.58 Å². The SMILES string of the molecule is Cl.Fc1ccc(CSC(Cn2ccnc2)SCc2ccc(F)cc2)cc1. The Morgan fingerprint density at radius 2 is 1.35 bits per heavy atom. The minimum Gasteiger partial charge on any atom is -0.336 e. The van der Waals surface area contributed by atoms with E-state index < -0.39 is 0 Å². The predicted molar refractivity (Wildman–Crippen MR) is 109 cm³/mol. The molecule has 2 nitrogen and oxygen atoms in total. The van der Waals surface area contributed by atoms with Crippen LogP contribution < -0.4 is 0 Å². The molecule has 0 aliphatic rings. The van der Waals surface area contributed by atoms with Crippen LogP contribution in [0, 0.1) is 11.6 Å². The first-order chi connectivity index (χ1) is 12.2. The molecule has 0 bridgehead atoms. The summed E-state index contributed by atoms with van der Waals surface area (Å²) in [5.41, 5.74) is 2.20. The van der Waals surface area contributed by atoms with E-state index in [4.69, 9.17) is 0 Å². The fraction of sp³-hybridized carbons (Fsp3) is 0.211. The van der Waals surface area contributed by atoms with Crippen molar-refractivity contribution in [3.05, 3.63) is 90.0 Å². The molecule has 1 aromatic heterocycles. The topological polar surface area (TPSA) is 17.8 Å². The summed E-state index contributed by atoms with van der Waals surface area (Å²) in [5.74, 6) is 1.20. The molecule has 0 fully saturated rings. The molecule has 0 amide bonds. The molecule has 0 aliphatic heterocycles. The smallest absolute Gasteiger partial charge is 0.123 e. The molecular weight excluding hydrogens is 394 g/mol. The van der Waals surface area contributed by atoms with Crippen molar-refractivity contribution in [2.75, 3.05) is 0 Å². The van der Waals surface area contributed by atoms with Crippen molar-refractivity contribution >= 4 is 35.9 Å². The van der Waals surface area contributed by atoms with E-state index in [-0.39, 0.29) is 24.0 Å². The first-order valence-electron chi connectivity index (χ1n) is 7.87. The van der Waals surface area contributed by atoms with Crippen LogP contribution >= 0.6 is 35.9 Å². The Bertz CT molecular complexity index is 716. The second-order valence-electron chi connectivity index (χ2n) is 5.56. The Morgan fingerprint density at radius 1 is 0.846 bits per heavy atom. The molecule has 0 atom stereocenters. The first kappa shape index (κ1) is 20.8. The second kappa shape index (κ2) is 10.6. The van der Waals surface area contributed by atoms with Crippen molar-refractivity contribution in [1.82, 2.24) is 9.55 Å². The van der Waals surface area contributed by atoms with Gasteiger partial charge >= 0.3 is 0 Å². The van der Waals surface area contributed by atoms with E-state index in [1.165, 1.54) is 24.3 Å². The van der Waals surface area contributed by atoms with E-state index in [9.17, 15) is 8.78 Å². The average Bonchev–Trinajstić information content (AvgIpc) is 3.13. The van der Waals surface area contributed by atoms with Crippen molar-refractivity contribution in [3.63, 3.8) is 0 Å². The fourth-order valence-electron chi connectivity index (χ4n) is 2.26. The van der Waals surface area contributed by atoms with Crippen molar-refractivity contribution < 1.29 is 8.78 Å². The number of thioether (sulfide) groups is 2. The molecule has 2 aromatic carbocycles.